The van der Waals surface area contributed by atoms with E-state index in [0.717, 1.165) is 12.2 Å². The zero-order valence-electron chi connectivity index (χ0n) is 31.9. The Morgan fingerprint density at radius 1 is 0.698 bits per heavy atom. The number of benzene rings is 3. The molecule has 0 spiro atoms. The molecule has 1 atom stereocenters. The molecule has 0 fully saturated rings. The van der Waals surface area contributed by atoms with Crippen LogP contribution in [0.1, 0.15) is 101 Å². The first kappa shape index (κ1) is 40.5. The molecule has 0 aliphatic heterocycles. The van der Waals surface area contributed by atoms with Gasteiger partial charge in [0.25, 0.3) is 0 Å². The van der Waals surface area contributed by atoms with Crippen LogP contribution in [0.25, 0.3) is 0 Å². The third-order valence-electron chi connectivity index (χ3n) is 10.2. The number of carbonyl (C=O) groups is 5. The maximum absolute atomic E-state index is 13.9. The van der Waals surface area contributed by atoms with E-state index < -0.39 is 35.3 Å². The van der Waals surface area contributed by atoms with Crippen LogP contribution < -0.4 is 14.2 Å². The van der Waals surface area contributed by atoms with Gasteiger partial charge >= 0.3 is 23.9 Å². The monoisotopic (exact) mass is 746 g/mol. The first-order chi connectivity index (χ1) is 24.6. The number of hydrogen-bond donors (Lipinski definition) is 2. The molecule has 2 N–H and O–H groups in total. The average Bonchev–Trinajstić information content (AvgIpc) is 3.08. The van der Waals surface area contributed by atoms with E-state index in [-0.39, 0.29) is 50.1 Å². The van der Waals surface area contributed by atoms with Gasteiger partial charge in [-0.1, -0.05) is 18.5 Å². The van der Waals surface area contributed by atoms with E-state index >= 15 is 0 Å². The zero-order chi connectivity index (χ0) is 40.0. The lowest BCUT2D eigenvalue weighted by Crippen LogP contribution is -2.47. The number of allylic oxidation sites excluding steroid dienone is 2. The molecule has 3 aromatic carbocycles. The topological polar surface area (TPSA) is 163 Å². The number of carbonyl (C=O) groups excluding carboxylic acids is 4. The summed E-state index contributed by atoms with van der Waals surface area (Å²) < 4.78 is 22.7. The average molecular weight is 747 g/mol. The lowest BCUT2D eigenvalue weighted by Gasteiger charge is -2.30. The Hall–Kier alpha value is -5.26. The van der Waals surface area contributed by atoms with Gasteiger partial charge in [-0.15, -0.1) is 0 Å². The number of carboxylic acids is 1. The van der Waals surface area contributed by atoms with Crippen LogP contribution in [0, 0.1) is 62.3 Å². The number of hydrogen-bond acceptors (Lipinski definition) is 10. The first-order valence-electron chi connectivity index (χ1n) is 16.8. The van der Waals surface area contributed by atoms with Crippen molar-refractivity contribution in [3.05, 3.63) is 107 Å². The molecule has 0 heterocycles. The Morgan fingerprint density at radius 3 is 1.75 bits per heavy atom. The van der Waals surface area contributed by atoms with Gasteiger partial charge in [0.05, 0.1) is 28.8 Å². The van der Waals surface area contributed by atoms with Crippen molar-refractivity contribution in [1.29, 1.82) is 0 Å². The molecule has 0 unspecified atom stereocenters. The van der Waals surface area contributed by atoms with E-state index in [2.05, 4.69) is 0 Å². The van der Waals surface area contributed by atoms with E-state index in [1.165, 1.54) is 14.0 Å². The van der Waals surface area contributed by atoms with E-state index in [1.54, 1.807) is 68.4 Å². The second kappa shape index (κ2) is 15.0. The summed E-state index contributed by atoms with van der Waals surface area (Å²) in [4.78, 5) is 65.0. The standard InChI is InChI=1S/C41H43ClO11/c1-13-28-25(10)31(38(46)52-35-22(7)19(4)32(37(44)45)20(5)23(35)8)17(2)14-29(28)51-39(47)33-21(6)24(9)36(34(42)26(33)11)53-40(48)41(49)18(3)15-27(43)16-30(41)50-12/h14-16,49H,13H2,1-12H3,(H,44,45)/t41-/m1/s1. The minimum absolute atomic E-state index is 0.00400. The number of aliphatic hydroxyl groups is 1. The molecule has 11 nitrogen and oxygen atoms in total. The SMILES string of the molecule is CCc1c(OC(=O)c2c(C)c(C)c(OC(=O)[C@@]3(O)C(C)=CC(=O)C=C3OC)c(Cl)c2C)cc(C)c(C(=O)Oc2c(C)c(C)c(C(=O)O)c(C)c2C)c1C. The van der Waals surface area contributed by atoms with Crippen molar-refractivity contribution in [2.24, 2.45) is 0 Å². The van der Waals surface area contributed by atoms with Crippen molar-refractivity contribution in [1.82, 2.24) is 0 Å². The van der Waals surface area contributed by atoms with E-state index in [0.29, 0.717) is 62.2 Å². The normalized spacial score (nSPS) is 15.4. The van der Waals surface area contributed by atoms with Crippen molar-refractivity contribution < 1.29 is 53.1 Å². The fourth-order valence-corrected chi connectivity index (χ4v) is 7.09. The number of methoxy groups -OCH3 is 1. The largest absolute Gasteiger partial charge is 0.497 e. The van der Waals surface area contributed by atoms with Crippen LogP contribution in [-0.4, -0.2) is 52.6 Å². The summed E-state index contributed by atoms with van der Waals surface area (Å²) in [5.74, 6) is -3.94. The second-order valence-corrected chi connectivity index (χ2v) is 13.6. The summed E-state index contributed by atoms with van der Waals surface area (Å²) in [5, 5.41) is 21.0. The molecule has 0 amide bonds. The lowest BCUT2D eigenvalue weighted by atomic mass is 9.87. The van der Waals surface area contributed by atoms with Gasteiger partial charge in [0.1, 0.15) is 17.3 Å². The predicted molar refractivity (Wildman–Crippen MR) is 198 cm³/mol. The van der Waals surface area contributed by atoms with E-state index in [9.17, 15) is 34.2 Å². The van der Waals surface area contributed by atoms with Crippen LogP contribution in [0.5, 0.6) is 17.2 Å². The number of carboxylic acid groups (broad SMARTS) is 1. The fourth-order valence-electron chi connectivity index (χ4n) is 6.81. The van der Waals surface area contributed by atoms with E-state index in [1.807, 2.05) is 6.92 Å². The predicted octanol–water partition coefficient (Wildman–Crippen LogP) is 7.51. The molecule has 3 aromatic rings. The van der Waals surface area contributed by atoms with Crippen LogP contribution >= 0.6 is 11.6 Å². The minimum Gasteiger partial charge on any atom is -0.497 e. The van der Waals surface area contributed by atoms with Crippen LogP contribution in [0.2, 0.25) is 5.02 Å². The van der Waals surface area contributed by atoms with Crippen LogP contribution in [0.4, 0.5) is 0 Å². The van der Waals surface area contributed by atoms with Gasteiger partial charge in [-0.25, -0.2) is 19.2 Å². The Morgan fingerprint density at radius 2 is 1.23 bits per heavy atom. The number of halogens is 1. The number of aryl methyl sites for hydroxylation is 1. The molecule has 0 bridgehead atoms. The Bertz CT molecular complexity index is 2150. The van der Waals surface area contributed by atoms with Gasteiger partial charge in [0, 0.05) is 6.08 Å². The summed E-state index contributed by atoms with van der Waals surface area (Å²) in [5.41, 5.74) is 2.90. The maximum atomic E-state index is 13.9. The molecule has 1 aliphatic carbocycles. The van der Waals surface area contributed by atoms with Crippen molar-refractivity contribution in [3.8, 4) is 17.2 Å². The van der Waals surface area contributed by atoms with Gasteiger partial charge in [-0.2, -0.15) is 0 Å². The van der Waals surface area contributed by atoms with Crippen molar-refractivity contribution in [3.63, 3.8) is 0 Å². The van der Waals surface area contributed by atoms with Crippen LogP contribution in [-0.2, 0) is 20.7 Å². The molecule has 280 valence electrons. The van der Waals surface area contributed by atoms with E-state index in [4.69, 9.17) is 30.5 Å². The highest BCUT2D eigenvalue weighted by molar-refractivity contribution is 6.33. The highest BCUT2D eigenvalue weighted by Crippen LogP contribution is 2.41. The van der Waals surface area contributed by atoms with Gasteiger partial charge in [-0.3, -0.25) is 4.79 Å². The zero-order valence-corrected chi connectivity index (χ0v) is 32.6. The number of ketones is 1. The van der Waals surface area contributed by atoms with Crippen LogP contribution in [0.15, 0.2) is 29.6 Å². The fraction of sp³-hybridized carbons (Fsp3) is 0.341. The summed E-state index contributed by atoms with van der Waals surface area (Å²) in [6.45, 7) is 18.2. The smallest absolute Gasteiger partial charge is 0.356 e. The van der Waals surface area contributed by atoms with Crippen LogP contribution in [0.3, 0.4) is 0 Å². The van der Waals surface area contributed by atoms with Crippen molar-refractivity contribution in [2.75, 3.05) is 7.11 Å². The third-order valence-corrected chi connectivity index (χ3v) is 10.7. The molecule has 53 heavy (non-hydrogen) atoms. The Labute approximate surface area is 313 Å². The second-order valence-electron chi connectivity index (χ2n) is 13.2. The highest BCUT2D eigenvalue weighted by Gasteiger charge is 2.48. The number of ether oxygens (including phenoxy) is 4. The molecule has 12 heteroatoms. The Kier molecular flexibility index (Phi) is 11.5. The number of rotatable bonds is 9. The summed E-state index contributed by atoms with van der Waals surface area (Å²) in [6.07, 6.45) is 2.49. The van der Waals surface area contributed by atoms with Crippen molar-refractivity contribution >= 4 is 41.3 Å². The van der Waals surface area contributed by atoms with Crippen molar-refractivity contribution in [2.45, 2.75) is 88.2 Å². The quantitative estimate of drug-likeness (QED) is 0.165. The summed E-state index contributed by atoms with van der Waals surface area (Å²) in [6, 6.07) is 1.59. The lowest BCUT2D eigenvalue weighted by molar-refractivity contribution is -0.151. The molecule has 4 rings (SSSR count). The highest BCUT2D eigenvalue weighted by atomic mass is 35.5. The van der Waals surface area contributed by atoms with Gasteiger partial charge in [0.15, 0.2) is 11.5 Å². The number of aromatic carboxylic acids is 1. The maximum Gasteiger partial charge on any atom is 0.356 e. The Balaban J connectivity index is 1.69. The molecule has 0 radical (unpaired) electrons. The molecule has 1 aliphatic rings. The number of esters is 3. The summed E-state index contributed by atoms with van der Waals surface area (Å²) in [7, 11) is 1.21. The molecule has 0 saturated carbocycles. The third kappa shape index (κ3) is 6.87. The summed E-state index contributed by atoms with van der Waals surface area (Å²) >= 11 is 6.72. The van der Waals surface area contributed by atoms with Gasteiger partial charge < -0.3 is 29.2 Å². The minimum atomic E-state index is -2.39. The molecular formula is C41H43ClO11. The van der Waals surface area contributed by atoms with Gasteiger partial charge in [0.2, 0.25) is 5.60 Å². The molecule has 0 aromatic heterocycles. The molecule has 0 saturated heterocycles. The first-order valence-corrected chi connectivity index (χ1v) is 17.2. The molecular weight excluding hydrogens is 704 g/mol. The van der Waals surface area contributed by atoms with Gasteiger partial charge in [-0.05, 0) is 149 Å².